The molecular formula is C25H25Cl2NO3S. The predicted octanol–water partition coefficient (Wildman–Crippen LogP) is 5.64. The molecule has 0 radical (unpaired) electrons. The Labute approximate surface area is 199 Å². The van der Waals surface area contributed by atoms with Crippen molar-refractivity contribution in [3.63, 3.8) is 0 Å². The van der Waals surface area contributed by atoms with Gasteiger partial charge in [-0.1, -0.05) is 83.9 Å². The number of nitrogens with zero attached hydrogens (tertiary/aromatic N) is 1. The number of aryl methyl sites for hydroxylation is 1. The molecule has 1 aliphatic rings. The lowest BCUT2D eigenvalue weighted by molar-refractivity contribution is -0.00530. The molecule has 7 heteroatoms. The van der Waals surface area contributed by atoms with Gasteiger partial charge in [-0.15, -0.1) is 0 Å². The van der Waals surface area contributed by atoms with Gasteiger partial charge >= 0.3 is 0 Å². The largest absolute Gasteiger partial charge is 0.380 e. The van der Waals surface area contributed by atoms with Crippen LogP contribution in [-0.4, -0.2) is 30.9 Å². The zero-order valence-electron chi connectivity index (χ0n) is 17.7. The Bertz CT molecular complexity index is 1150. The Kier molecular flexibility index (Phi) is 6.66. The molecule has 1 N–H and O–H groups in total. The lowest BCUT2D eigenvalue weighted by Crippen LogP contribution is -2.46. The summed E-state index contributed by atoms with van der Waals surface area (Å²) >= 11 is 12.3. The number of piperidine rings is 1. The molecule has 3 aromatic carbocycles. The number of sulfonamides is 1. The van der Waals surface area contributed by atoms with Crippen molar-refractivity contribution >= 4 is 33.2 Å². The molecule has 0 aliphatic carbocycles. The molecule has 3 aromatic rings. The minimum atomic E-state index is -3.77. The van der Waals surface area contributed by atoms with Gasteiger partial charge in [-0.25, -0.2) is 8.42 Å². The first-order valence-corrected chi connectivity index (χ1v) is 12.7. The second-order valence-corrected chi connectivity index (χ2v) is 10.9. The van der Waals surface area contributed by atoms with Crippen molar-refractivity contribution < 1.29 is 13.5 Å². The Morgan fingerprint density at radius 2 is 1.38 bits per heavy atom. The number of aliphatic hydroxyl groups is 1. The molecule has 0 aromatic heterocycles. The topological polar surface area (TPSA) is 57.6 Å². The molecule has 1 aliphatic heterocycles. The maximum Gasteiger partial charge on any atom is 0.244 e. The van der Waals surface area contributed by atoms with Crippen LogP contribution in [0.4, 0.5) is 0 Å². The summed E-state index contributed by atoms with van der Waals surface area (Å²) in [6.07, 6.45) is 1.04. The van der Waals surface area contributed by atoms with Crippen LogP contribution in [-0.2, 0) is 15.6 Å². The highest BCUT2D eigenvalue weighted by atomic mass is 35.5. The molecule has 0 unspecified atom stereocenters. The van der Waals surface area contributed by atoms with Gasteiger partial charge < -0.3 is 5.11 Å². The fourth-order valence-corrected chi connectivity index (χ4v) is 6.78. The molecule has 0 amide bonds. The third kappa shape index (κ3) is 4.20. The highest BCUT2D eigenvalue weighted by Crippen LogP contribution is 2.43. The average molecular weight is 490 g/mol. The van der Waals surface area contributed by atoms with Gasteiger partial charge in [-0.3, -0.25) is 0 Å². The summed E-state index contributed by atoms with van der Waals surface area (Å²) in [5.74, 6) is -0.138. The summed E-state index contributed by atoms with van der Waals surface area (Å²) in [4.78, 5) is 0.0703. The van der Waals surface area contributed by atoms with E-state index in [4.69, 9.17) is 23.2 Å². The zero-order valence-corrected chi connectivity index (χ0v) is 20.0. The summed E-state index contributed by atoms with van der Waals surface area (Å²) in [6, 6.07) is 22.2. The normalized spacial score (nSPS) is 16.2. The summed E-state index contributed by atoms with van der Waals surface area (Å²) < 4.78 is 28.1. The van der Waals surface area contributed by atoms with Gasteiger partial charge in [0.05, 0.1) is 5.02 Å². The van der Waals surface area contributed by atoms with Gasteiger partial charge in [0.15, 0.2) is 0 Å². The quantitative estimate of drug-likeness (QED) is 0.504. The molecule has 4 rings (SSSR count). The van der Waals surface area contributed by atoms with E-state index in [-0.39, 0.29) is 15.8 Å². The van der Waals surface area contributed by atoms with Crippen LogP contribution in [0.1, 0.15) is 29.5 Å². The Balaban J connectivity index is 1.62. The van der Waals surface area contributed by atoms with E-state index in [1.807, 2.05) is 60.7 Å². The van der Waals surface area contributed by atoms with Crippen LogP contribution >= 0.6 is 23.2 Å². The highest BCUT2D eigenvalue weighted by molar-refractivity contribution is 7.89. The molecule has 168 valence electrons. The van der Waals surface area contributed by atoms with Crippen molar-refractivity contribution in [3.05, 3.63) is 99.5 Å². The molecular weight excluding hydrogens is 465 g/mol. The van der Waals surface area contributed by atoms with Gasteiger partial charge in [0.1, 0.15) is 10.5 Å². The average Bonchev–Trinajstić information content (AvgIpc) is 2.82. The second kappa shape index (κ2) is 9.16. The van der Waals surface area contributed by atoms with E-state index in [1.54, 1.807) is 6.92 Å². The molecule has 0 bridgehead atoms. The molecule has 0 atom stereocenters. The van der Waals surface area contributed by atoms with Gasteiger partial charge in [-0.05, 0) is 54.5 Å². The van der Waals surface area contributed by atoms with E-state index in [0.717, 1.165) is 11.1 Å². The van der Waals surface area contributed by atoms with Crippen molar-refractivity contribution in [2.75, 3.05) is 13.1 Å². The van der Waals surface area contributed by atoms with Crippen LogP contribution in [0.25, 0.3) is 0 Å². The lowest BCUT2D eigenvalue weighted by atomic mass is 9.72. The van der Waals surface area contributed by atoms with Crippen molar-refractivity contribution in [2.24, 2.45) is 5.92 Å². The minimum absolute atomic E-state index is 0.0703. The van der Waals surface area contributed by atoms with Gasteiger partial charge in [-0.2, -0.15) is 4.31 Å². The van der Waals surface area contributed by atoms with E-state index < -0.39 is 15.6 Å². The fourth-order valence-electron chi connectivity index (χ4n) is 4.50. The maximum atomic E-state index is 13.3. The van der Waals surface area contributed by atoms with Crippen LogP contribution < -0.4 is 0 Å². The first-order chi connectivity index (χ1) is 15.2. The molecule has 1 heterocycles. The predicted molar refractivity (Wildman–Crippen MR) is 129 cm³/mol. The van der Waals surface area contributed by atoms with Gasteiger partial charge in [0.2, 0.25) is 10.0 Å². The van der Waals surface area contributed by atoms with Crippen molar-refractivity contribution in [2.45, 2.75) is 30.3 Å². The highest BCUT2D eigenvalue weighted by Gasteiger charge is 2.43. The van der Waals surface area contributed by atoms with Crippen LogP contribution in [0.3, 0.4) is 0 Å². The van der Waals surface area contributed by atoms with Crippen LogP contribution in [0, 0.1) is 12.8 Å². The lowest BCUT2D eigenvalue weighted by Gasteiger charge is -2.42. The minimum Gasteiger partial charge on any atom is -0.380 e. The maximum absolute atomic E-state index is 13.3. The van der Waals surface area contributed by atoms with E-state index in [1.165, 1.54) is 16.4 Å². The molecule has 32 heavy (non-hydrogen) atoms. The number of hydrogen-bond donors (Lipinski definition) is 1. The van der Waals surface area contributed by atoms with Crippen LogP contribution in [0.5, 0.6) is 0 Å². The SMILES string of the molecule is Cc1cc(S(=O)(=O)N2CCC(C(O)(c3ccccc3)c3ccccc3)CC2)c(Cl)cc1Cl. The van der Waals surface area contributed by atoms with E-state index >= 15 is 0 Å². The van der Waals surface area contributed by atoms with Crippen LogP contribution in [0.15, 0.2) is 77.7 Å². The first kappa shape index (κ1) is 23.3. The third-order valence-corrected chi connectivity index (χ3v) is 9.07. The molecule has 1 saturated heterocycles. The van der Waals surface area contributed by atoms with Crippen molar-refractivity contribution in [3.8, 4) is 0 Å². The van der Waals surface area contributed by atoms with E-state index in [9.17, 15) is 13.5 Å². The molecule has 0 saturated carbocycles. The molecule has 1 fully saturated rings. The van der Waals surface area contributed by atoms with Crippen LogP contribution in [0.2, 0.25) is 10.0 Å². The summed E-state index contributed by atoms with van der Waals surface area (Å²) in [6.45, 7) is 2.35. The Morgan fingerprint density at radius 1 is 0.875 bits per heavy atom. The summed E-state index contributed by atoms with van der Waals surface area (Å²) in [7, 11) is -3.77. The van der Waals surface area contributed by atoms with Gasteiger partial charge in [0, 0.05) is 18.1 Å². The van der Waals surface area contributed by atoms with Crippen molar-refractivity contribution in [1.29, 1.82) is 0 Å². The monoisotopic (exact) mass is 489 g/mol. The first-order valence-electron chi connectivity index (χ1n) is 10.5. The number of rotatable bonds is 5. The van der Waals surface area contributed by atoms with Crippen molar-refractivity contribution in [1.82, 2.24) is 4.31 Å². The zero-order chi connectivity index (χ0) is 22.9. The van der Waals surface area contributed by atoms with E-state index in [2.05, 4.69) is 0 Å². The number of halogens is 2. The van der Waals surface area contributed by atoms with E-state index in [0.29, 0.717) is 36.5 Å². The Morgan fingerprint density at radius 3 is 1.88 bits per heavy atom. The standard InChI is InChI=1S/C25H25Cl2NO3S/c1-18-16-24(23(27)17-22(18)26)32(30,31)28-14-12-21(13-15-28)25(29,19-8-4-2-5-9-19)20-10-6-3-7-11-20/h2-11,16-17,21,29H,12-15H2,1H3. The Hall–Kier alpha value is -1.89. The molecule has 4 nitrogen and oxygen atoms in total. The number of hydrogen-bond acceptors (Lipinski definition) is 3. The third-order valence-electron chi connectivity index (χ3n) is 6.30. The second-order valence-electron chi connectivity index (χ2n) is 8.21. The number of benzene rings is 3. The smallest absolute Gasteiger partial charge is 0.244 e. The summed E-state index contributed by atoms with van der Waals surface area (Å²) in [5, 5.41) is 12.5. The van der Waals surface area contributed by atoms with Gasteiger partial charge in [0.25, 0.3) is 0 Å². The summed E-state index contributed by atoms with van der Waals surface area (Å²) in [5.41, 5.74) is 1.08. The molecule has 0 spiro atoms. The fraction of sp³-hybridized carbons (Fsp3) is 0.280.